The van der Waals surface area contributed by atoms with Crippen molar-refractivity contribution >= 4 is 22.7 Å². The highest BCUT2D eigenvalue weighted by Gasteiger charge is 2.30. The van der Waals surface area contributed by atoms with Crippen molar-refractivity contribution in [3.05, 3.63) is 30.0 Å². The third kappa shape index (κ3) is 5.11. The number of benzene rings is 1. The Morgan fingerprint density at radius 3 is 2.59 bits per heavy atom. The molecule has 1 aliphatic rings. The molecule has 1 atom stereocenters. The van der Waals surface area contributed by atoms with E-state index in [0.29, 0.717) is 30.6 Å². The number of hydrogen-bond donors (Lipinski definition) is 2. The van der Waals surface area contributed by atoms with Gasteiger partial charge in [0.05, 0.1) is 7.11 Å². The summed E-state index contributed by atoms with van der Waals surface area (Å²) in [4.78, 5) is 30.4. The topological polar surface area (TPSA) is 74.4 Å². The molecule has 1 aliphatic heterocycles. The Labute approximate surface area is 173 Å². The van der Waals surface area contributed by atoms with Crippen molar-refractivity contribution in [3.63, 3.8) is 0 Å². The van der Waals surface area contributed by atoms with Gasteiger partial charge in [0.25, 0.3) is 5.91 Å². The van der Waals surface area contributed by atoms with Gasteiger partial charge in [0.15, 0.2) is 0 Å². The lowest BCUT2D eigenvalue weighted by Crippen LogP contribution is -2.43. The van der Waals surface area contributed by atoms with Crippen LogP contribution in [0.2, 0.25) is 0 Å². The van der Waals surface area contributed by atoms with Crippen LogP contribution < -0.4 is 10.1 Å². The smallest absolute Gasteiger partial charge is 0.270 e. The molecule has 2 aromatic rings. The third-order valence-corrected chi connectivity index (χ3v) is 6.03. The number of carbonyl (C=O) groups excluding carboxylic acids is 2. The van der Waals surface area contributed by atoms with Crippen molar-refractivity contribution in [2.24, 2.45) is 17.8 Å². The molecule has 1 aromatic carbocycles. The number of methoxy groups -OCH3 is 1. The van der Waals surface area contributed by atoms with E-state index in [1.54, 1.807) is 7.11 Å². The van der Waals surface area contributed by atoms with Gasteiger partial charge in [0, 0.05) is 42.5 Å². The predicted molar refractivity (Wildman–Crippen MR) is 115 cm³/mol. The highest BCUT2D eigenvalue weighted by Crippen LogP contribution is 2.27. The fourth-order valence-corrected chi connectivity index (χ4v) is 3.98. The van der Waals surface area contributed by atoms with Crippen LogP contribution in [0.3, 0.4) is 0 Å². The predicted octanol–water partition coefficient (Wildman–Crippen LogP) is 3.83. The molecule has 6 nitrogen and oxygen atoms in total. The lowest BCUT2D eigenvalue weighted by atomic mass is 9.84. The van der Waals surface area contributed by atoms with Gasteiger partial charge in [-0.2, -0.15) is 0 Å². The SMILES string of the molecule is COc1ccc2cc(C(=O)N3CCC([C@H](C)C(=O)NCCC(C)C)CC3)[nH]c2c1. The lowest BCUT2D eigenvalue weighted by Gasteiger charge is -2.34. The number of fused-ring (bicyclic) bond motifs is 1. The maximum atomic E-state index is 12.9. The molecule has 0 unspecified atom stereocenters. The fraction of sp³-hybridized carbons (Fsp3) is 0.565. The van der Waals surface area contributed by atoms with Crippen LogP contribution in [0.1, 0.15) is 50.5 Å². The number of carbonyl (C=O) groups is 2. The van der Waals surface area contributed by atoms with Gasteiger partial charge in [-0.25, -0.2) is 0 Å². The summed E-state index contributed by atoms with van der Waals surface area (Å²) in [6.07, 6.45) is 2.72. The van der Waals surface area contributed by atoms with Crippen molar-refractivity contribution in [1.29, 1.82) is 0 Å². The number of amides is 2. The first-order valence-corrected chi connectivity index (χ1v) is 10.6. The first-order chi connectivity index (χ1) is 13.9. The molecular weight excluding hydrogens is 366 g/mol. The first kappa shape index (κ1) is 21.2. The minimum atomic E-state index is -0.0139. The molecule has 158 valence electrons. The lowest BCUT2D eigenvalue weighted by molar-refractivity contribution is -0.126. The molecule has 0 aliphatic carbocycles. The number of rotatable bonds is 7. The van der Waals surface area contributed by atoms with Crippen LogP contribution in [-0.4, -0.2) is 48.4 Å². The van der Waals surface area contributed by atoms with Gasteiger partial charge in [-0.15, -0.1) is 0 Å². The van der Waals surface area contributed by atoms with Crippen LogP contribution in [0.5, 0.6) is 5.75 Å². The molecule has 2 amide bonds. The molecule has 3 rings (SSSR count). The van der Waals surface area contributed by atoms with E-state index in [9.17, 15) is 9.59 Å². The van der Waals surface area contributed by atoms with Crippen LogP contribution in [0.25, 0.3) is 10.9 Å². The Morgan fingerprint density at radius 1 is 1.21 bits per heavy atom. The molecule has 0 spiro atoms. The number of H-pyrrole nitrogens is 1. The molecule has 29 heavy (non-hydrogen) atoms. The highest BCUT2D eigenvalue weighted by atomic mass is 16.5. The number of nitrogens with zero attached hydrogens (tertiary/aromatic N) is 1. The van der Waals surface area contributed by atoms with Crippen LogP contribution in [-0.2, 0) is 4.79 Å². The Balaban J connectivity index is 1.54. The standard InChI is InChI=1S/C23H33N3O3/c1-15(2)7-10-24-22(27)16(3)17-8-11-26(12-9-17)23(28)21-13-18-5-6-19(29-4)14-20(18)25-21/h5-6,13-17,25H,7-12H2,1-4H3,(H,24,27)/t16-/m0/s1. The van der Waals surface area contributed by atoms with Crippen LogP contribution in [0.4, 0.5) is 0 Å². The van der Waals surface area contributed by atoms with Gasteiger partial charge in [-0.3, -0.25) is 9.59 Å². The summed E-state index contributed by atoms with van der Waals surface area (Å²) in [6, 6.07) is 7.64. The Bertz CT molecular complexity index is 850. The van der Waals surface area contributed by atoms with E-state index < -0.39 is 0 Å². The first-order valence-electron chi connectivity index (χ1n) is 10.6. The Morgan fingerprint density at radius 2 is 1.93 bits per heavy atom. The van der Waals surface area contributed by atoms with Gasteiger partial charge in [-0.1, -0.05) is 20.8 Å². The zero-order valence-corrected chi connectivity index (χ0v) is 18.0. The molecule has 6 heteroatoms. The number of likely N-dealkylation sites (tertiary alicyclic amines) is 1. The van der Waals surface area contributed by atoms with Gasteiger partial charge in [0.2, 0.25) is 5.91 Å². The number of ether oxygens (including phenoxy) is 1. The highest BCUT2D eigenvalue weighted by molar-refractivity contribution is 5.98. The van der Waals surface area contributed by atoms with Crippen molar-refractivity contribution in [3.8, 4) is 5.75 Å². The molecule has 2 heterocycles. The van der Waals surface area contributed by atoms with E-state index in [1.165, 1.54) is 0 Å². The van der Waals surface area contributed by atoms with E-state index in [-0.39, 0.29) is 17.7 Å². The van der Waals surface area contributed by atoms with Crippen molar-refractivity contribution in [1.82, 2.24) is 15.2 Å². The van der Waals surface area contributed by atoms with Crippen LogP contribution in [0.15, 0.2) is 24.3 Å². The summed E-state index contributed by atoms with van der Waals surface area (Å²) in [5, 5.41) is 4.06. The van der Waals surface area contributed by atoms with Crippen LogP contribution in [0, 0.1) is 17.8 Å². The summed E-state index contributed by atoms with van der Waals surface area (Å²) in [7, 11) is 1.63. The summed E-state index contributed by atoms with van der Waals surface area (Å²) < 4.78 is 5.25. The average molecular weight is 400 g/mol. The monoisotopic (exact) mass is 399 g/mol. The summed E-state index contributed by atoms with van der Waals surface area (Å²) in [5.41, 5.74) is 1.50. The zero-order valence-electron chi connectivity index (χ0n) is 18.0. The number of aromatic amines is 1. The normalized spacial score (nSPS) is 16.2. The van der Waals surface area contributed by atoms with E-state index in [2.05, 4.69) is 24.1 Å². The number of aromatic nitrogens is 1. The summed E-state index contributed by atoms with van der Waals surface area (Å²) >= 11 is 0. The molecule has 0 bridgehead atoms. The fourth-order valence-electron chi connectivity index (χ4n) is 3.98. The van der Waals surface area contributed by atoms with Crippen molar-refractivity contribution in [2.45, 2.75) is 40.0 Å². The van der Waals surface area contributed by atoms with Gasteiger partial charge in [-0.05, 0) is 49.3 Å². The summed E-state index contributed by atoms with van der Waals surface area (Å²) in [5.74, 6) is 1.82. The summed E-state index contributed by atoms with van der Waals surface area (Å²) in [6.45, 7) is 8.44. The Kier molecular flexibility index (Phi) is 6.83. The third-order valence-electron chi connectivity index (χ3n) is 6.03. The maximum absolute atomic E-state index is 12.9. The number of piperidine rings is 1. The maximum Gasteiger partial charge on any atom is 0.270 e. The zero-order chi connectivity index (χ0) is 21.0. The van der Waals surface area contributed by atoms with E-state index in [1.807, 2.05) is 36.1 Å². The minimum absolute atomic E-state index is 0.0139. The van der Waals surface area contributed by atoms with E-state index in [0.717, 1.165) is 42.5 Å². The van der Waals surface area contributed by atoms with Gasteiger partial charge < -0.3 is 19.9 Å². The molecule has 0 radical (unpaired) electrons. The second-order valence-corrected chi connectivity index (χ2v) is 8.53. The number of hydrogen-bond acceptors (Lipinski definition) is 3. The largest absolute Gasteiger partial charge is 0.497 e. The second-order valence-electron chi connectivity index (χ2n) is 8.53. The van der Waals surface area contributed by atoms with Gasteiger partial charge >= 0.3 is 0 Å². The van der Waals surface area contributed by atoms with Crippen LogP contribution >= 0.6 is 0 Å². The van der Waals surface area contributed by atoms with Crippen molar-refractivity contribution < 1.29 is 14.3 Å². The average Bonchev–Trinajstić information content (AvgIpc) is 3.15. The molecule has 1 fully saturated rings. The van der Waals surface area contributed by atoms with E-state index in [4.69, 9.17) is 4.74 Å². The number of nitrogens with one attached hydrogen (secondary N) is 2. The molecular formula is C23H33N3O3. The molecule has 0 saturated carbocycles. The van der Waals surface area contributed by atoms with Crippen molar-refractivity contribution in [2.75, 3.05) is 26.7 Å². The quantitative estimate of drug-likeness (QED) is 0.743. The second kappa shape index (κ2) is 9.33. The Hall–Kier alpha value is -2.50. The van der Waals surface area contributed by atoms with E-state index >= 15 is 0 Å². The molecule has 2 N–H and O–H groups in total. The minimum Gasteiger partial charge on any atom is -0.497 e. The molecule has 1 aromatic heterocycles. The van der Waals surface area contributed by atoms with Gasteiger partial charge in [0.1, 0.15) is 11.4 Å². The molecule has 1 saturated heterocycles.